The van der Waals surface area contributed by atoms with Crippen molar-refractivity contribution in [3.63, 3.8) is 0 Å². The first-order valence-electron chi connectivity index (χ1n) is 7.77. The number of ether oxygens (including phenoxy) is 1. The number of aliphatic carboxylic acids is 1. The molecule has 0 aromatic heterocycles. The van der Waals surface area contributed by atoms with Gasteiger partial charge in [-0.05, 0) is 50.7 Å². The van der Waals surface area contributed by atoms with Gasteiger partial charge in [-0.3, -0.25) is 9.59 Å². The number of benzene rings is 1. The van der Waals surface area contributed by atoms with Gasteiger partial charge in [-0.25, -0.2) is 0 Å². The number of carboxylic acid groups (broad SMARTS) is 1. The number of rotatable bonds is 6. The van der Waals surface area contributed by atoms with Crippen LogP contribution in [0.5, 0.6) is 5.75 Å². The molecule has 1 heterocycles. The topological polar surface area (TPSA) is 78.9 Å². The molecule has 6 heteroatoms. The minimum absolute atomic E-state index is 0.0341. The van der Waals surface area contributed by atoms with Gasteiger partial charge < -0.3 is 20.1 Å². The molecule has 0 radical (unpaired) electrons. The minimum Gasteiger partial charge on any atom is -0.497 e. The van der Waals surface area contributed by atoms with Gasteiger partial charge >= 0.3 is 5.97 Å². The third kappa shape index (κ3) is 4.45. The molecule has 6 nitrogen and oxygen atoms in total. The molecule has 2 N–H and O–H groups in total. The minimum atomic E-state index is -0.934. The molecule has 1 fully saturated rings. The number of hydrogen-bond donors (Lipinski definition) is 2. The Morgan fingerprint density at radius 3 is 2.39 bits per heavy atom. The van der Waals surface area contributed by atoms with E-state index in [1.54, 1.807) is 7.11 Å². The van der Waals surface area contributed by atoms with Crippen LogP contribution in [-0.4, -0.2) is 49.1 Å². The fourth-order valence-electron chi connectivity index (χ4n) is 2.83. The van der Waals surface area contributed by atoms with Gasteiger partial charge in [0, 0.05) is 13.0 Å². The highest BCUT2D eigenvalue weighted by atomic mass is 16.5. The maximum absolute atomic E-state index is 12.2. The average Bonchev–Trinajstić information content (AvgIpc) is 2.55. The smallest absolute Gasteiger partial charge is 0.310 e. The number of nitrogens with one attached hydrogen (secondary N) is 1. The van der Waals surface area contributed by atoms with E-state index in [4.69, 9.17) is 4.74 Å². The van der Waals surface area contributed by atoms with Gasteiger partial charge in [0.05, 0.1) is 12.5 Å². The van der Waals surface area contributed by atoms with Crippen LogP contribution >= 0.6 is 0 Å². The van der Waals surface area contributed by atoms with Crippen LogP contribution in [0.4, 0.5) is 0 Å². The highest BCUT2D eigenvalue weighted by Gasteiger charge is 2.42. The standard InChI is InChI=1S/C17H24N2O4/c1-19-9-7-17(8-10-19,16(21)22)11-15(20)18-12-13-3-5-14(23-2)6-4-13/h3-6H,7-12H2,1-2H3,(H,18,20)(H,21,22). The summed E-state index contributed by atoms with van der Waals surface area (Å²) >= 11 is 0. The molecule has 0 saturated carbocycles. The Hall–Kier alpha value is -2.08. The quantitative estimate of drug-likeness (QED) is 0.830. The van der Waals surface area contributed by atoms with Crippen LogP contribution in [0, 0.1) is 5.41 Å². The Bertz CT molecular complexity index is 548. The van der Waals surface area contributed by atoms with Gasteiger partial charge in [0.15, 0.2) is 0 Å². The molecular formula is C17H24N2O4. The fourth-order valence-corrected chi connectivity index (χ4v) is 2.83. The highest BCUT2D eigenvalue weighted by Crippen LogP contribution is 2.35. The molecule has 126 valence electrons. The number of piperidine rings is 1. The van der Waals surface area contributed by atoms with Gasteiger partial charge in [0.25, 0.3) is 0 Å². The lowest BCUT2D eigenvalue weighted by atomic mass is 9.75. The monoisotopic (exact) mass is 320 g/mol. The third-order valence-corrected chi connectivity index (χ3v) is 4.55. The zero-order valence-electron chi connectivity index (χ0n) is 13.7. The Kier molecular flexibility index (Phi) is 5.60. The van der Waals surface area contributed by atoms with Crippen LogP contribution in [0.3, 0.4) is 0 Å². The summed E-state index contributed by atoms with van der Waals surface area (Å²) in [5, 5.41) is 12.4. The molecule has 23 heavy (non-hydrogen) atoms. The molecule has 2 rings (SSSR count). The largest absolute Gasteiger partial charge is 0.497 e. The maximum Gasteiger partial charge on any atom is 0.310 e. The third-order valence-electron chi connectivity index (χ3n) is 4.55. The average molecular weight is 320 g/mol. The Morgan fingerprint density at radius 2 is 1.87 bits per heavy atom. The highest BCUT2D eigenvalue weighted by molar-refractivity contribution is 5.85. The molecule has 1 saturated heterocycles. The van der Waals surface area contributed by atoms with E-state index in [-0.39, 0.29) is 12.3 Å². The second-order valence-corrected chi connectivity index (χ2v) is 6.19. The van der Waals surface area contributed by atoms with Crippen LogP contribution in [0.1, 0.15) is 24.8 Å². The van der Waals surface area contributed by atoms with Crippen molar-refractivity contribution in [2.45, 2.75) is 25.8 Å². The van der Waals surface area contributed by atoms with Crippen molar-refractivity contribution in [3.8, 4) is 5.75 Å². The molecule has 1 aliphatic rings. The first kappa shape index (κ1) is 17.3. The van der Waals surface area contributed by atoms with Crippen molar-refractivity contribution < 1.29 is 19.4 Å². The van der Waals surface area contributed by atoms with E-state index < -0.39 is 11.4 Å². The maximum atomic E-state index is 12.2. The van der Waals surface area contributed by atoms with Crippen molar-refractivity contribution in [1.29, 1.82) is 0 Å². The Balaban J connectivity index is 1.90. The van der Waals surface area contributed by atoms with Gasteiger partial charge in [0.1, 0.15) is 5.75 Å². The zero-order valence-corrected chi connectivity index (χ0v) is 13.7. The number of carbonyl (C=O) groups excluding carboxylic acids is 1. The van der Waals surface area contributed by atoms with Gasteiger partial charge in [-0.2, -0.15) is 0 Å². The fraction of sp³-hybridized carbons (Fsp3) is 0.529. The normalized spacial score (nSPS) is 17.5. The van der Waals surface area contributed by atoms with E-state index >= 15 is 0 Å². The van der Waals surface area contributed by atoms with Crippen LogP contribution in [-0.2, 0) is 16.1 Å². The summed E-state index contributed by atoms with van der Waals surface area (Å²) in [6.07, 6.45) is 1.05. The van der Waals surface area contributed by atoms with Crippen molar-refractivity contribution in [3.05, 3.63) is 29.8 Å². The molecule has 0 atom stereocenters. The first-order chi connectivity index (χ1) is 10.9. The van der Waals surface area contributed by atoms with Gasteiger partial charge in [-0.1, -0.05) is 12.1 Å². The molecule has 1 aromatic rings. The first-order valence-corrected chi connectivity index (χ1v) is 7.77. The van der Waals surface area contributed by atoms with Crippen molar-refractivity contribution >= 4 is 11.9 Å². The second kappa shape index (κ2) is 7.46. The number of carboxylic acids is 1. The lowest BCUT2D eigenvalue weighted by Crippen LogP contribution is -2.45. The molecule has 0 unspecified atom stereocenters. The van der Waals surface area contributed by atoms with Crippen LogP contribution < -0.4 is 10.1 Å². The van der Waals surface area contributed by atoms with E-state index in [2.05, 4.69) is 10.2 Å². The Labute approximate surface area is 136 Å². The van der Waals surface area contributed by atoms with Crippen molar-refractivity contribution in [2.24, 2.45) is 5.41 Å². The number of amides is 1. The van der Waals surface area contributed by atoms with E-state index in [1.165, 1.54) is 0 Å². The van der Waals surface area contributed by atoms with Crippen LogP contribution in [0.15, 0.2) is 24.3 Å². The zero-order chi connectivity index (χ0) is 16.9. The molecule has 0 spiro atoms. The molecule has 1 aromatic carbocycles. The summed E-state index contributed by atoms with van der Waals surface area (Å²) < 4.78 is 5.09. The second-order valence-electron chi connectivity index (χ2n) is 6.19. The number of hydrogen-bond acceptors (Lipinski definition) is 4. The predicted octanol–water partition coefficient (Wildman–Crippen LogP) is 1.50. The predicted molar refractivity (Wildman–Crippen MR) is 86.3 cm³/mol. The molecule has 1 aliphatic heterocycles. The number of methoxy groups -OCH3 is 1. The lowest BCUT2D eigenvalue weighted by Gasteiger charge is -2.36. The molecule has 1 amide bonds. The van der Waals surface area contributed by atoms with Crippen LogP contribution in [0.2, 0.25) is 0 Å². The van der Waals surface area contributed by atoms with Gasteiger partial charge in [-0.15, -0.1) is 0 Å². The van der Waals surface area contributed by atoms with Crippen LogP contribution in [0.25, 0.3) is 0 Å². The Morgan fingerprint density at radius 1 is 1.26 bits per heavy atom. The number of carbonyl (C=O) groups is 2. The van der Waals surface area contributed by atoms with Crippen molar-refractivity contribution in [1.82, 2.24) is 10.2 Å². The summed E-state index contributed by atoms with van der Waals surface area (Å²) in [4.78, 5) is 25.9. The molecule has 0 bridgehead atoms. The summed E-state index contributed by atoms with van der Waals surface area (Å²) in [6, 6.07) is 7.41. The number of likely N-dealkylation sites (tertiary alicyclic amines) is 1. The van der Waals surface area contributed by atoms with Crippen molar-refractivity contribution in [2.75, 3.05) is 27.2 Å². The number of nitrogens with zero attached hydrogens (tertiary/aromatic N) is 1. The lowest BCUT2D eigenvalue weighted by molar-refractivity contribution is -0.155. The summed E-state index contributed by atoms with van der Waals surface area (Å²) in [7, 11) is 3.57. The van der Waals surface area contributed by atoms with E-state index in [0.717, 1.165) is 11.3 Å². The summed E-state index contributed by atoms with van der Waals surface area (Å²) in [5.41, 5.74) is 0.0168. The molecular weight excluding hydrogens is 296 g/mol. The van der Waals surface area contributed by atoms with Gasteiger partial charge in [0.2, 0.25) is 5.91 Å². The van der Waals surface area contributed by atoms with E-state index in [9.17, 15) is 14.7 Å². The van der Waals surface area contributed by atoms with E-state index in [1.807, 2.05) is 31.3 Å². The SMILES string of the molecule is COc1ccc(CNC(=O)CC2(C(=O)O)CCN(C)CC2)cc1. The summed E-state index contributed by atoms with van der Waals surface area (Å²) in [5.74, 6) is -0.325. The van der Waals surface area contributed by atoms with E-state index in [0.29, 0.717) is 32.5 Å². The molecule has 0 aliphatic carbocycles. The summed E-state index contributed by atoms with van der Waals surface area (Å²) in [6.45, 7) is 1.80.